The van der Waals surface area contributed by atoms with Gasteiger partial charge in [-0.3, -0.25) is 0 Å². The number of methoxy groups -OCH3 is 1. The van der Waals surface area contributed by atoms with Crippen molar-refractivity contribution < 1.29 is 9.47 Å². The second kappa shape index (κ2) is 7.20. The molecule has 0 aromatic rings. The van der Waals surface area contributed by atoms with Crippen molar-refractivity contribution in [2.75, 3.05) is 27.4 Å². The first-order chi connectivity index (χ1) is 7.29. The molecule has 3 heteroatoms. The number of rotatable bonds is 6. The van der Waals surface area contributed by atoms with Crippen molar-refractivity contribution in [1.82, 2.24) is 5.32 Å². The zero-order valence-electron chi connectivity index (χ0n) is 10.3. The smallest absolute Gasteiger partial charge is 0.0730 e. The van der Waals surface area contributed by atoms with E-state index in [-0.39, 0.29) is 0 Å². The number of likely N-dealkylation sites (N-methyl/N-ethyl adjacent to an activating group) is 1. The highest BCUT2D eigenvalue weighted by Gasteiger charge is 2.27. The Kier molecular flexibility index (Phi) is 6.22. The summed E-state index contributed by atoms with van der Waals surface area (Å²) in [5.41, 5.74) is 0. The summed E-state index contributed by atoms with van der Waals surface area (Å²) in [4.78, 5) is 0. The van der Waals surface area contributed by atoms with E-state index < -0.39 is 0 Å². The molecular weight excluding hydrogens is 190 g/mol. The molecule has 1 N–H and O–H groups in total. The van der Waals surface area contributed by atoms with Gasteiger partial charge in [-0.2, -0.15) is 0 Å². The third-order valence-electron chi connectivity index (χ3n) is 3.34. The second-order valence-electron chi connectivity index (χ2n) is 4.48. The Balaban J connectivity index is 2.37. The Morgan fingerprint density at radius 2 is 2.27 bits per heavy atom. The minimum atomic E-state index is 0.399. The van der Waals surface area contributed by atoms with Crippen LogP contribution in [0.5, 0.6) is 0 Å². The molecule has 1 heterocycles. The van der Waals surface area contributed by atoms with Crippen molar-refractivity contribution in [3.05, 3.63) is 0 Å². The van der Waals surface area contributed by atoms with Gasteiger partial charge in [-0.05, 0) is 38.6 Å². The van der Waals surface area contributed by atoms with Crippen LogP contribution in [0.4, 0.5) is 0 Å². The Morgan fingerprint density at radius 3 is 2.80 bits per heavy atom. The van der Waals surface area contributed by atoms with E-state index in [0.29, 0.717) is 18.1 Å². The molecule has 1 aliphatic heterocycles. The van der Waals surface area contributed by atoms with E-state index >= 15 is 0 Å². The predicted molar refractivity (Wildman–Crippen MR) is 62.1 cm³/mol. The van der Waals surface area contributed by atoms with Gasteiger partial charge < -0.3 is 14.8 Å². The molecule has 0 saturated carbocycles. The maximum absolute atomic E-state index is 5.83. The van der Waals surface area contributed by atoms with E-state index in [0.717, 1.165) is 19.6 Å². The van der Waals surface area contributed by atoms with Crippen LogP contribution in [0.1, 0.15) is 32.6 Å². The third-order valence-corrected chi connectivity index (χ3v) is 3.34. The van der Waals surface area contributed by atoms with Crippen LogP contribution in [0.3, 0.4) is 0 Å². The molecule has 0 aliphatic carbocycles. The van der Waals surface area contributed by atoms with Crippen LogP contribution in [0.25, 0.3) is 0 Å². The van der Waals surface area contributed by atoms with Crippen molar-refractivity contribution in [3.63, 3.8) is 0 Å². The molecule has 3 unspecified atom stereocenters. The lowest BCUT2D eigenvalue weighted by Gasteiger charge is -2.34. The molecule has 0 amide bonds. The van der Waals surface area contributed by atoms with E-state index in [1.807, 2.05) is 7.05 Å². The molecule has 0 radical (unpaired) electrons. The average Bonchev–Trinajstić information content (AvgIpc) is 2.29. The zero-order chi connectivity index (χ0) is 11.1. The molecule has 3 nitrogen and oxygen atoms in total. The van der Waals surface area contributed by atoms with Gasteiger partial charge >= 0.3 is 0 Å². The van der Waals surface area contributed by atoms with Gasteiger partial charge in [0, 0.05) is 26.4 Å². The van der Waals surface area contributed by atoms with Crippen LogP contribution in [-0.4, -0.2) is 39.5 Å². The van der Waals surface area contributed by atoms with Gasteiger partial charge in [0.15, 0.2) is 0 Å². The van der Waals surface area contributed by atoms with Crippen molar-refractivity contribution in [2.45, 2.75) is 44.8 Å². The summed E-state index contributed by atoms with van der Waals surface area (Å²) >= 11 is 0. The van der Waals surface area contributed by atoms with Crippen molar-refractivity contribution in [2.24, 2.45) is 5.92 Å². The van der Waals surface area contributed by atoms with Gasteiger partial charge in [0.1, 0.15) is 0 Å². The summed E-state index contributed by atoms with van der Waals surface area (Å²) in [6, 6.07) is 0.473. The van der Waals surface area contributed by atoms with E-state index in [1.165, 1.54) is 19.3 Å². The van der Waals surface area contributed by atoms with Crippen LogP contribution < -0.4 is 5.32 Å². The standard InChI is InChI=1S/C12H25NO2/c1-10(7-9-14-3)12(13-2)11-6-4-5-8-15-11/h10-13H,4-9H2,1-3H3. The highest BCUT2D eigenvalue weighted by atomic mass is 16.5. The Morgan fingerprint density at radius 1 is 1.47 bits per heavy atom. The summed E-state index contributed by atoms with van der Waals surface area (Å²) in [5.74, 6) is 0.609. The van der Waals surface area contributed by atoms with Crippen LogP contribution in [0.2, 0.25) is 0 Å². The monoisotopic (exact) mass is 215 g/mol. The first-order valence-electron chi connectivity index (χ1n) is 6.07. The SMILES string of the molecule is CNC(C(C)CCOC)C1CCCCO1. The molecule has 15 heavy (non-hydrogen) atoms. The lowest BCUT2D eigenvalue weighted by atomic mass is 9.90. The van der Waals surface area contributed by atoms with E-state index in [9.17, 15) is 0 Å². The minimum absolute atomic E-state index is 0.399. The zero-order valence-corrected chi connectivity index (χ0v) is 10.3. The van der Waals surface area contributed by atoms with Gasteiger partial charge in [0.25, 0.3) is 0 Å². The topological polar surface area (TPSA) is 30.5 Å². The van der Waals surface area contributed by atoms with Gasteiger partial charge in [-0.1, -0.05) is 6.92 Å². The summed E-state index contributed by atoms with van der Waals surface area (Å²) in [6.07, 6.45) is 5.22. The van der Waals surface area contributed by atoms with Crippen LogP contribution >= 0.6 is 0 Å². The van der Waals surface area contributed by atoms with E-state index in [2.05, 4.69) is 12.2 Å². The summed E-state index contributed by atoms with van der Waals surface area (Å²) in [7, 11) is 3.80. The van der Waals surface area contributed by atoms with Crippen molar-refractivity contribution in [1.29, 1.82) is 0 Å². The highest BCUT2D eigenvalue weighted by Crippen LogP contribution is 2.21. The Hall–Kier alpha value is -0.120. The molecule has 1 saturated heterocycles. The maximum Gasteiger partial charge on any atom is 0.0730 e. The number of ether oxygens (including phenoxy) is 2. The molecule has 0 aromatic carbocycles. The Labute approximate surface area is 93.5 Å². The molecule has 1 aliphatic rings. The summed E-state index contributed by atoms with van der Waals surface area (Å²) in [5, 5.41) is 3.40. The first kappa shape index (κ1) is 12.9. The largest absolute Gasteiger partial charge is 0.385 e. The lowest BCUT2D eigenvalue weighted by Crippen LogP contribution is -2.45. The van der Waals surface area contributed by atoms with Crippen LogP contribution in [0.15, 0.2) is 0 Å². The molecule has 0 aromatic heterocycles. The van der Waals surface area contributed by atoms with Crippen molar-refractivity contribution in [3.8, 4) is 0 Å². The maximum atomic E-state index is 5.83. The number of hydrogen-bond donors (Lipinski definition) is 1. The van der Waals surface area contributed by atoms with Crippen molar-refractivity contribution >= 4 is 0 Å². The quantitative estimate of drug-likeness (QED) is 0.733. The fraction of sp³-hybridized carbons (Fsp3) is 1.00. The molecular formula is C12H25NO2. The number of hydrogen-bond acceptors (Lipinski definition) is 3. The Bertz CT molecular complexity index is 158. The molecule has 90 valence electrons. The van der Waals surface area contributed by atoms with Gasteiger partial charge in [0.2, 0.25) is 0 Å². The van der Waals surface area contributed by atoms with E-state index in [1.54, 1.807) is 7.11 Å². The fourth-order valence-corrected chi connectivity index (χ4v) is 2.37. The summed E-state index contributed by atoms with van der Waals surface area (Å²) in [6.45, 7) is 4.05. The molecule has 3 atom stereocenters. The van der Waals surface area contributed by atoms with Crippen LogP contribution in [0, 0.1) is 5.92 Å². The minimum Gasteiger partial charge on any atom is -0.385 e. The highest BCUT2D eigenvalue weighted by molar-refractivity contribution is 4.82. The number of nitrogens with one attached hydrogen (secondary N) is 1. The van der Waals surface area contributed by atoms with Crippen LogP contribution in [-0.2, 0) is 9.47 Å². The second-order valence-corrected chi connectivity index (χ2v) is 4.48. The molecule has 0 bridgehead atoms. The summed E-state index contributed by atoms with van der Waals surface area (Å²) < 4.78 is 11.0. The van der Waals surface area contributed by atoms with Gasteiger partial charge in [0.05, 0.1) is 6.10 Å². The van der Waals surface area contributed by atoms with Gasteiger partial charge in [-0.25, -0.2) is 0 Å². The molecule has 0 spiro atoms. The lowest BCUT2D eigenvalue weighted by molar-refractivity contribution is -0.0203. The average molecular weight is 215 g/mol. The normalized spacial score (nSPS) is 26.2. The first-order valence-corrected chi connectivity index (χ1v) is 6.07. The molecule has 1 rings (SSSR count). The van der Waals surface area contributed by atoms with Gasteiger partial charge in [-0.15, -0.1) is 0 Å². The fourth-order valence-electron chi connectivity index (χ4n) is 2.37. The third kappa shape index (κ3) is 4.09. The predicted octanol–water partition coefficient (Wildman–Crippen LogP) is 1.82. The molecule has 1 fully saturated rings. The van der Waals surface area contributed by atoms with E-state index in [4.69, 9.17) is 9.47 Å².